The number of carbonyl (C=O) groups excluding carboxylic acids is 1. The molecule has 0 aromatic carbocycles. The van der Waals surface area contributed by atoms with Gasteiger partial charge in [0.25, 0.3) is 7.82 Å². The fourth-order valence-corrected chi connectivity index (χ4v) is 13.2. The number of phosphoric acid groups is 1. The van der Waals surface area contributed by atoms with E-state index in [9.17, 15) is 19.4 Å². The number of unbranched alkanes of at least 4 members (excludes halogenated alkanes) is 57. The van der Waals surface area contributed by atoms with Gasteiger partial charge in [0.1, 0.15) is 13.2 Å². The monoisotopic (exact) mass is 1300 g/mol. The first-order valence-electron chi connectivity index (χ1n) is 40.5. The number of nitrogens with zero attached hydrogens (tertiary/aromatic N) is 1. The smallest absolute Gasteiger partial charge is 0.268 e. The number of likely N-dealkylation sites (N-methyl/N-ethyl adjacent to an activating group) is 1. The van der Waals surface area contributed by atoms with E-state index in [0.717, 1.165) is 44.9 Å². The van der Waals surface area contributed by atoms with E-state index in [1.165, 1.54) is 353 Å². The van der Waals surface area contributed by atoms with Crippen molar-refractivity contribution < 1.29 is 32.9 Å². The second kappa shape index (κ2) is 72.7. The molecule has 0 aliphatic rings. The van der Waals surface area contributed by atoms with Crippen LogP contribution in [0.5, 0.6) is 0 Å². The summed E-state index contributed by atoms with van der Waals surface area (Å²) in [6.07, 6.45) is 100. The van der Waals surface area contributed by atoms with Crippen LogP contribution in [0.15, 0.2) is 48.6 Å². The van der Waals surface area contributed by atoms with Crippen LogP contribution in [0.4, 0.5) is 0 Å². The maximum absolute atomic E-state index is 13.1. The van der Waals surface area contributed by atoms with Gasteiger partial charge in [0.15, 0.2) is 0 Å². The lowest BCUT2D eigenvalue weighted by molar-refractivity contribution is -0.870. The predicted molar refractivity (Wildman–Crippen MR) is 399 cm³/mol. The van der Waals surface area contributed by atoms with Gasteiger partial charge in [-0.25, -0.2) is 0 Å². The molecular weight excluding hydrogens is 1140 g/mol. The number of phosphoric ester groups is 1. The quantitative estimate of drug-likeness (QED) is 0.0272. The van der Waals surface area contributed by atoms with Crippen molar-refractivity contribution in [3.63, 3.8) is 0 Å². The Bertz CT molecular complexity index is 1630. The molecule has 9 heteroatoms. The zero-order valence-electron chi connectivity index (χ0n) is 61.8. The third-order valence-electron chi connectivity index (χ3n) is 18.8. The standard InChI is InChI=1S/C82H159N2O6P/c1-6-8-10-12-14-16-18-20-22-24-26-28-30-32-34-36-38-40-41-42-43-44-46-48-50-52-54-56-58-60-62-64-66-68-70-72-74-76-82(86)83-80(79-90-91(87,88)89-78-77-84(3,4)5)81(85)75-73-71-69-67-65-63-61-59-57-55-53-51-49-47-45-39-37-35-33-31-29-27-25-23-21-19-17-15-13-11-9-7-2/h18,20,24,26,65,67,73,75,80-81,85H,6-17,19,21-23,25,27-64,66,68-72,74,76-79H2,1-5H3,(H-,83,86,87,88)/b20-18-,26-24-,67-65+,75-73+. The summed E-state index contributed by atoms with van der Waals surface area (Å²) >= 11 is 0. The van der Waals surface area contributed by atoms with E-state index in [2.05, 4.69) is 55.6 Å². The van der Waals surface area contributed by atoms with Crippen molar-refractivity contribution in [3.8, 4) is 0 Å². The number of aliphatic hydroxyl groups is 1. The minimum absolute atomic E-state index is 0.00462. The van der Waals surface area contributed by atoms with Crippen LogP contribution in [0.2, 0.25) is 0 Å². The molecule has 91 heavy (non-hydrogen) atoms. The molecule has 0 saturated carbocycles. The zero-order valence-corrected chi connectivity index (χ0v) is 62.7. The second-order valence-electron chi connectivity index (χ2n) is 29.1. The summed E-state index contributed by atoms with van der Waals surface area (Å²) < 4.78 is 23.5. The van der Waals surface area contributed by atoms with Crippen molar-refractivity contribution in [2.75, 3.05) is 40.9 Å². The van der Waals surface area contributed by atoms with E-state index >= 15 is 0 Å². The first-order valence-corrected chi connectivity index (χ1v) is 42.0. The number of carbonyl (C=O) groups is 1. The van der Waals surface area contributed by atoms with Crippen LogP contribution in [-0.2, 0) is 18.4 Å². The van der Waals surface area contributed by atoms with E-state index in [-0.39, 0.29) is 19.1 Å². The molecule has 0 fully saturated rings. The SMILES string of the molecule is CCCCCCC/C=C\C/C=C\CCCCCCCCCCCCCCCCCCCCCCCCCCCC(=O)NC(COP(=O)([O-])OCC[N+](C)(C)C)C(O)/C=C/CC/C=C/CCCCCCCCCCCCCCCCCCCCCCCCCCCC. The molecular formula is C82H159N2O6P. The number of quaternary nitrogens is 1. The largest absolute Gasteiger partial charge is 0.756 e. The van der Waals surface area contributed by atoms with E-state index < -0.39 is 20.0 Å². The highest BCUT2D eigenvalue weighted by molar-refractivity contribution is 7.45. The zero-order chi connectivity index (χ0) is 66.2. The average Bonchev–Trinajstić information content (AvgIpc) is 3.42. The Morgan fingerprint density at radius 3 is 0.956 bits per heavy atom. The van der Waals surface area contributed by atoms with Gasteiger partial charge in [0.05, 0.1) is 39.9 Å². The predicted octanol–water partition coefficient (Wildman–Crippen LogP) is 25.9. The molecule has 0 aromatic rings. The summed E-state index contributed by atoms with van der Waals surface area (Å²) in [7, 11) is 1.26. The Morgan fingerprint density at radius 1 is 0.385 bits per heavy atom. The number of hydrogen-bond donors (Lipinski definition) is 2. The maximum atomic E-state index is 13.1. The second-order valence-corrected chi connectivity index (χ2v) is 30.5. The molecule has 0 aliphatic heterocycles. The van der Waals surface area contributed by atoms with E-state index in [1.54, 1.807) is 6.08 Å². The minimum atomic E-state index is -4.62. The Labute approximate surface area is 569 Å². The van der Waals surface area contributed by atoms with Crippen molar-refractivity contribution >= 4 is 13.7 Å². The summed E-state index contributed by atoms with van der Waals surface area (Å²) in [5.41, 5.74) is 0. The molecule has 0 radical (unpaired) electrons. The van der Waals surface area contributed by atoms with Gasteiger partial charge in [-0.1, -0.05) is 396 Å². The lowest BCUT2D eigenvalue weighted by atomic mass is 10.0. The van der Waals surface area contributed by atoms with Gasteiger partial charge < -0.3 is 28.8 Å². The number of hydrogen-bond acceptors (Lipinski definition) is 6. The molecule has 0 rings (SSSR count). The van der Waals surface area contributed by atoms with Gasteiger partial charge in [-0.05, 0) is 64.2 Å². The molecule has 0 aromatic heterocycles. The van der Waals surface area contributed by atoms with Gasteiger partial charge in [0.2, 0.25) is 5.91 Å². The number of amides is 1. The van der Waals surface area contributed by atoms with Crippen LogP contribution in [-0.4, -0.2) is 68.5 Å². The lowest BCUT2D eigenvalue weighted by Crippen LogP contribution is -2.45. The third kappa shape index (κ3) is 75.7. The van der Waals surface area contributed by atoms with Crippen molar-refractivity contribution in [2.45, 2.75) is 431 Å². The molecule has 8 nitrogen and oxygen atoms in total. The Kier molecular flexibility index (Phi) is 71.5. The fraction of sp³-hybridized carbons (Fsp3) is 0.890. The molecule has 3 atom stereocenters. The lowest BCUT2D eigenvalue weighted by Gasteiger charge is -2.29. The summed E-state index contributed by atoms with van der Waals surface area (Å²) in [5, 5.41) is 14.0. The van der Waals surface area contributed by atoms with Gasteiger partial charge >= 0.3 is 0 Å². The Hall–Kier alpha value is -1.54. The highest BCUT2D eigenvalue weighted by atomic mass is 31.2. The van der Waals surface area contributed by atoms with E-state index in [4.69, 9.17) is 9.05 Å². The molecule has 0 spiro atoms. The molecule has 538 valence electrons. The molecule has 1 amide bonds. The summed E-state index contributed by atoms with van der Waals surface area (Å²) in [6.45, 7) is 4.68. The van der Waals surface area contributed by atoms with Crippen molar-refractivity contribution in [2.24, 2.45) is 0 Å². The number of nitrogens with one attached hydrogen (secondary N) is 1. The van der Waals surface area contributed by atoms with Crippen molar-refractivity contribution in [3.05, 3.63) is 48.6 Å². The van der Waals surface area contributed by atoms with Gasteiger partial charge in [0, 0.05) is 6.42 Å². The first kappa shape index (κ1) is 89.5. The summed E-state index contributed by atoms with van der Waals surface area (Å²) in [6, 6.07) is -0.905. The van der Waals surface area contributed by atoms with Crippen LogP contribution in [0.1, 0.15) is 418 Å². The van der Waals surface area contributed by atoms with E-state index in [0.29, 0.717) is 17.4 Å². The van der Waals surface area contributed by atoms with Crippen LogP contribution in [0.3, 0.4) is 0 Å². The Morgan fingerprint density at radius 2 is 0.648 bits per heavy atom. The van der Waals surface area contributed by atoms with Gasteiger partial charge in [-0.3, -0.25) is 9.36 Å². The van der Waals surface area contributed by atoms with Crippen LogP contribution < -0.4 is 10.2 Å². The van der Waals surface area contributed by atoms with Crippen LogP contribution in [0, 0.1) is 0 Å². The normalized spacial score (nSPS) is 13.7. The molecule has 3 unspecified atom stereocenters. The average molecular weight is 1300 g/mol. The topological polar surface area (TPSA) is 108 Å². The maximum Gasteiger partial charge on any atom is 0.268 e. The van der Waals surface area contributed by atoms with Crippen molar-refractivity contribution in [1.29, 1.82) is 0 Å². The molecule has 0 heterocycles. The first-order chi connectivity index (χ1) is 44.5. The minimum Gasteiger partial charge on any atom is -0.756 e. The summed E-state index contributed by atoms with van der Waals surface area (Å²) in [4.78, 5) is 25.7. The van der Waals surface area contributed by atoms with Gasteiger partial charge in [-0.15, -0.1) is 0 Å². The fourth-order valence-electron chi connectivity index (χ4n) is 12.5. The number of allylic oxidation sites excluding steroid dienone is 7. The number of aliphatic hydroxyl groups excluding tert-OH is 1. The third-order valence-corrected chi connectivity index (χ3v) is 19.7. The number of rotatable bonds is 76. The highest BCUT2D eigenvalue weighted by Gasteiger charge is 2.23. The molecule has 0 saturated heterocycles. The molecule has 2 N–H and O–H groups in total. The molecule has 0 aliphatic carbocycles. The van der Waals surface area contributed by atoms with Crippen molar-refractivity contribution in [1.82, 2.24) is 5.32 Å². The summed E-state index contributed by atoms with van der Waals surface area (Å²) in [5.74, 6) is -0.198. The van der Waals surface area contributed by atoms with Gasteiger partial charge in [-0.2, -0.15) is 0 Å². The Balaban J connectivity index is 3.97. The van der Waals surface area contributed by atoms with Crippen LogP contribution >= 0.6 is 7.82 Å². The van der Waals surface area contributed by atoms with E-state index in [1.807, 2.05) is 27.2 Å². The van der Waals surface area contributed by atoms with Crippen LogP contribution in [0.25, 0.3) is 0 Å². The highest BCUT2D eigenvalue weighted by Crippen LogP contribution is 2.38. The molecule has 0 bridgehead atoms.